The van der Waals surface area contributed by atoms with Crippen LogP contribution in [-0.2, 0) is 16.8 Å². The molecule has 1 amide bonds. The number of carbonyl (C=O) groups excluding carboxylic acids is 1. The highest BCUT2D eigenvalue weighted by Gasteiger charge is 2.24. The summed E-state index contributed by atoms with van der Waals surface area (Å²) in [5, 5.41) is 0. The molecule has 0 atom stereocenters. The van der Waals surface area contributed by atoms with Gasteiger partial charge in [-0.1, -0.05) is 32.9 Å². The average molecular weight is 327 g/mol. The monoisotopic (exact) mass is 327 g/mol. The minimum Gasteiger partial charge on any atom is -0.443 e. The Morgan fingerprint density at radius 1 is 1.21 bits per heavy atom. The van der Waals surface area contributed by atoms with E-state index in [-0.39, 0.29) is 11.3 Å². The third-order valence-electron chi connectivity index (χ3n) is 4.32. The maximum absolute atomic E-state index is 12.0. The summed E-state index contributed by atoms with van der Waals surface area (Å²) in [6, 6.07) is 8.04. The topological polar surface area (TPSA) is 49.6 Å². The standard InChI is InChI=1S/C19H25N3O2/c1-14(23)22-11-7-10-21(15-8-5-6-9-16(15)22)13-18-20-12-17(24-18)19(2,3)4/h5-6,8-9,12H,7,10-11,13H2,1-4H3. The van der Waals surface area contributed by atoms with E-state index in [1.807, 2.05) is 29.3 Å². The minimum absolute atomic E-state index is 0.0482. The van der Waals surface area contributed by atoms with Gasteiger partial charge in [0, 0.05) is 25.4 Å². The van der Waals surface area contributed by atoms with Crippen LogP contribution in [0.4, 0.5) is 11.4 Å². The predicted molar refractivity (Wildman–Crippen MR) is 95.3 cm³/mol. The molecule has 3 rings (SSSR count). The summed E-state index contributed by atoms with van der Waals surface area (Å²) >= 11 is 0. The second-order valence-corrected chi connectivity index (χ2v) is 7.30. The highest BCUT2D eigenvalue weighted by Crippen LogP contribution is 2.33. The van der Waals surface area contributed by atoms with Crippen molar-refractivity contribution in [3.8, 4) is 0 Å². The number of benzene rings is 1. The normalized spacial score (nSPS) is 15.2. The predicted octanol–water partition coefficient (Wildman–Crippen LogP) is 3.74. The van der Waals surface area contributed by atoms with Crippen molar-refractivity contribution >= 4 is 17.3 Å². The van der Waals surface area contributed by atoms with Gasteiger partial charge in [-0.25, -0.2) is 4.98 Å². The van der Waals surface area contributed by atoms with Crippen molar-refractivity contribution in [2.45, 2.75) is 46.1 Å². The van der Waals surface area contributed by atoms with Gasteiger partial charge in [0.1, 0.15) is 5.76 Å². The molecule has 0 fully saturated rings. The lowest BCUT2D eigenvalue weighted by molar-refractivity contribution is -0.116. The first-order chi connectivity index (χ1) is 11.4. The number of hydrogen-bond acceptors (Lipinski definition) is 4. The molecular weight excluding hydrogens is 302 g/mol. The molecule has 0 N–H and O–H groups in total. The maximum atomic E-state index is 12.0. The van der Waals surface area contributed by atoms with E-state index < -0.39 is 0 Å². The lowest BCUT2D eigenvalue weighted by Gasteiger charge is -2.25. The highest BCUT2D eigenvalue weighted by atomic mass is 16.4. The number of anilines is 2. The molecule has 1 aliphatic heterocycles. The fraction of sp³-hybridized carbons (Fsp3) is 0.474. The van der Waals surface area contributed by atoms with Crippen molar-refractivity contribution in [2.24, 2.45) is 0 Å². The number of hydrogen-bond donors (Lipinski definition) is 0. The van der Waals surface area contributed by atoms with Crippen LogP contribution in [0.1, 0.15) is 45.8 Å². The van der Waals surface area contributed by atoms with Gasteiger partial charge >= 0.3 is 0 Å². The van der Waals surface area contributed by atoms with E-state index in [0.717, 1.165) is 36.6 Å². The molecule has 2 aromatic rings. The Morgan fingerprint density at radius 3 is 2.54 bits per heavy atom. The number of aromatic nitrogens is 1. The quantitative estimate of drug-likeness (QED) is 0.843. The smallest absolute Gasteiger partial charge is 0.223 e. The Labute approximate surface area is 143 Å². The number of nitrogens with zero attached hydrogens (tertiary/aromatic N) is 3. The van der Waals surface area contributed by atoms with Crippen molar-refractivity contribution in [3.63, 3.8) is 0 Å². The summed E-state index contributed by atoms with van der Waals surface area (Å²) in [4.78, 5) is 20.5. The van der Waals surface area contributed by atoms with Crippen LogP contribution in [-0.4, -0.2) is 24.0 Å². The lowest BCUT2D eigenvalue weighted by Crippen LogP contribution is -2.28. The van der Waals surface area contributed by atoms with Gasteiger partial charge in [-0.3, -0.25) is 4.79 Å². The second-order valence-electron chi connectivity index (χ2n) is 7.30. The number of fused-ring (bicyclic) bond motifs is 1. The molecule has 2 heterocycles. The molecule has 1 aromatic carbocycles. The van der Waals surface area contributed by atoms with E-state index in [2.05, 4.69) is 36.7 Å². The largest absolute Gasteiger partial charge is 0.443 e. The molecule has 0 saturated carbocycles. The van der Waals surface area contributed by atoms with Crippen molar-refractivity contribution in [1.82, 2.24) is 4.98 Å². The fourth-order valence-electron chi connectivity index (χ4n) is 3.01. The van der Waals surface area contributed by atoms with Crippen LogP contribution in [0.3, 0.4) is 0 Å². The molecule has 0 unspecified atom stereocenters. The number of rotatable bonds is 2. The third kappa shape index (κ3) is 3.30. The molecule has 5 heteroatoms. The third-order valence-corrected chi connectivity index (χ3v) is 4.32. The van der Waals surface area contributed by atoms with Crippen molar-refractivity contribution in [2.75, 3.05) is 22.9 Å². The van der Waals surface area contributed by atoms with Crippen LogP contribution in [0.2, 0.25) is 0 Å². The SMILES string of the molecule is CC(=O)N1CCCN(Cc2ncc(C(C)(C)C)o2)c2ccccc21. The molecule has 0 saturated heterocycles. The Bertz CT molecular complexity index is 730. The Balaban J connectivity index is 1.89. The maximum Gasteiger partial charge on any atom is 0.223 e. The van der Waals surface area contributed by atoms with Crippen LogP contribution in [0.5, 0.6) is 0 Å². The second kappa shape index (κ2) is 6.30. The summed E-state index contributed by atoms with van der Waals surface area (Å²) in [5.74, 6) is 1.69. The summed E-state index contributed by atoms with van der Waals surface area (Å²) in [6.07, 6.45) is 2.74. The van der Waals surface area contributed by atoms with Crippen LogP contribution in [0.25, 0.3) is 0 Å². The molecule has 0 spiro atoms. The first kappa shape index (κ1) is 16.6. The molecule has 0 aliphatic carbocycles. The van der Waals surface area contributed by atoms with E-state index in [4.69, 9.17) is 4.42 Å². The zero-order valence-corrected chi connectivity index (χ0v) is 14.9. The first-order valence-electron chi connectivity index (χ1n) is 8.43. The van der Waals surface area contributed by atoms with Crippen LogP contribution in [0, 0.1) is 0 Å². The summed E-state index contributed by atoms with van der Waals surface area (Å²) < 4.78 is 5.95. The Morgan fingerprint density at radius 2 is 1.92 bits per heavy atom. The molecule has 5 nitrogen and oxygen atoms in total. The molecule has 1 aliphatic rings. The van der Waals surface area contributed by atoms with Crippen LogP contribution in [0.15, 0.2) is 34.9 Å². The summed E-state index contributed by atoms with van der Waals surface area (Å²) in [6.45, 7) is 10.2. The Kier molecular flexibility index (Phi) is 4.35. The minimum atomic E-state index is -0.0482. The van der Waals surface area contributed by atoms with Crippen molar-refractivity contribution in [1.29, 1.82) is 0 Å². The van der Waals surface area contributed by atoms with E-state index in [0.29, 0.717) is 12.4 Å². The Hall–Kier alpha value is -2.30. The van der Waals surface area contributed by atoms with Crippen LogP contribution >= 0.6 is 0 Å². The zero-order chi connectivity index (χ0) is 17.3. The number of para-hydroxylation sites is 2. The van der Waals surface area contributed by atoms with Gasteiger partial charge in [-0.15, -0.1) is 0 Å². The van der Waals surface area contributed by atoms with Gasteiger partial charge in [0.15, 0.2) is 0 Å². The summed E-state index contributed by atoms with van der Waals surface area (Å²) in [5.41, 5.74) is 1.97. The molecule has 0 radical (unpaired) electrons. The van der Waals surface area contributed by atoms with Gasteiger partial charge in [0.2, 0.25) is 11.8 Å². The average Bonchev–Trinajstić information content (AvgIpc) is 2.91. The van der Waals surface area contributed by atoms with Gasteiger partial charge < -0.3 is 14.2 Å². The van der Waals surface area contributed by atoms with Crippen molar-refractivity contribution < 1.29 is 9.21 Å². The number of amides is 1. The first-order valence-corrected chi connectivity index (χ1v) is 8.43. The molecule has 0 bridgehead atoms. The van der Waals surface area contributed by atoms with E-state index in [1.165, 1.54) is 0 Å². The van der Waals surface area contributed by atoms with E-state index >= 15 is 0 Å². The molecule has 1 aromatic heterocycles. The van der Waals surface area contributed by atoms with Gasteiger partial charge in [-0.05, 0) is 18.6 Å². The summed E-state index contributed by atoms with van der Waals surface area (Å²) in [7, 11) is 0. The van der Waals surface area contributed by atoms with E-state index in [9.17, 15) is 4.79 Å². The number of oxazole rings is 1. The molecule has 128 valence electrons. The van der Waals surface area contributed by atoms with Crippen molar-refractivity contribution in [3.05, 3.63) is 42.1 Å². The van der Waals surface area contributed by atoms with Gasteiger partial charge in [0.25, 0.3) is 0 Å². The fourth-order valence-corrected chi connectivity index (χ4v) is 3.01. The lowest BCUT2D eigenvalue weighted by atomic mass is 9.94. The highest BCUT2D eigenvalue weighted by molar-refractivity contribution is 5.95. The van der Waals surface area contributed by atoms with Gasteiger partial charge in [-0.2, -0.15) is 0 Å². The number of carbonyl (C=O) groups is 1. The van der Waals surface area contributed by atoms with E-state index in [1.54, 1.807) is 6.92 Å². The molecule has 24 heavy (non-hydrogen) atoms. The van der Waals surface area contributed by atoms with Gasteiger partial charge in [0.05, 0.1) is 24.1 Å². The van der Waals surface area contributed by atoms with Crippen LogP contribution < -0.4 is 9.80 Å². The molecular formula is C19H25N3O2. The zero-order valence-electron chi connectivity index (χ0n) is 14.9.